The van der Waals surface area contributed by atoms with Crippen LogP contribution in [0.3, 0.4) is 0 Å². The summed E-state index contributed by atoms with van der Waals surface area (Å²) in [6, 6.07) is 11.7. The fourth-order valence-corrected chi connectivity index (χ4v) is 2.34. The van der Waals surface area contributed by atoms with Crippen molar-refractivity contribution in [3.63, 3.8) is 0 Å². The molecular weight excluding hydrogens is 391 g/mol. The Hall–Kier alpha value is -1.56. The maximum atomic E-state index is 11.9. The van der Waals surface area contributed by atoms with E-state index >= 15 is 0 Å². The second-order valence-electron chi connectivity index (χ2n) is 4.34. The van der Waals surface area contributed by atoms with E-state index in [1.165, 1.54) is 18.2 Å². The third kappa shape index (κ3) is 4.47. The van der Waals surface area contributed by atoms with Crippen LogP contribution in [0, 0.1) is 0 Å². The van der Waals surface area contributed by atoms with Gasteiger partial charge in [0.1, 0.15) is 0 Å². The Labute approximate surface area is 145 Å². The number of amides is 2. The molecule has 114 valence electrons. The lowest BCUT2D eigenvalue weighted by Crippen LogP contribution is -2.32. The molecule has 2 aromatic carbocycles. The van der Waals surface area contributed by atoms with E-state index in [0.717, 1.165) is 4.47 Å². The Morgan fingerprint density at radius 1 is 1.05 bits per heavy atom. The highest BCUT2D eigenvalue weighted by Gasteiger charge is 2.10. The molecule has 0 atom stereocenters. The first-order valence-electron chi connectivity index (χ1n) is 6.25. The summed E-state index contributed by atoms with van der Waals surface area (Å²) in [5.41, 5.74) is 0.972. The first kappa shape index (κ1) is 16.8. The largest absolute Gasteiger partial charge is 0.343 e. The van der Waals surface area contributed by atoms with E-state index in [9.17, 15) is 9.59 Å². The zero-order valence-electron chi connectivity index (χ0n) is 11.2. The zero-order valence-corrected chi connectivity index (χ0v) is 14.3. The lowest BCUT2D eigenvalue weighted by molar-refractivity contribution is -0.115. The summed E-state index contributed by atoms with van der Waals surface area (Å²) in [5.74, 6) is -0.735. The zero-order chi connectivity index (χ0) is 16.1. The Morgan fingerprint density at radius 2 is 1.77 bits per heavy atom. The maximum absolute atomic E-state index is 11.9. The normalized spacial score (nSPS) is 10.1. The van der Waals surface area contributed by atoms with E-state index in [1.54, 1.807) is 12.1 Å². The second-order valence-corrected chi connectivity index (χ2v) is 6.01. The van der Waals surface area contributed by atoms with Crippen molar-refractivity contribution in [2.24, 2.45) is 0 Å². The van der Waals surface area contributed by atoms with E-state index < -0.39 is 5.91 Å². The molecule has 7 heteroatoms. The van der Waals surface area contributed by atoms with Gasteiger partial charge in [0.15, 0.2) is 0 Å². The average molecular weight is 402 g/mol. The molecule has 0 heterocycles. The van der Waals surface area contributed by atoms with Crippen LogP contribution in [0.25, 0.3) is 0 Å². The predicted octanol–water partition coefficient (Wildman–Crippen LogP) is 4.12. The molecule has 2 rings (SSSR count). The summed E-state index contributed by atoms with van der Waals surface area (Å²) in [6.07, 6.45) is 0. The van der Waals surface area contributed by atoms with Gasteiger partial charge >= 0.3 is 0 Å². The van der Waals surface area contributed by atoms with Crippen molar-refractivity contribution >= 4 is 56.6 Å². The number of anilines is 1. The third-order valence-corrected chi connectivity index (χ3v) is 4.17. The Balaban J connectivity index is 1.92. The average Bonchev–Trinajstić information content (AvgIpc) is 2.50. The van der Waals surface area contributed by atoms with Crippen molar-refractivity contribution in [2.45, 2.75) is 0 Å². The lowest BCUT2D eigenvalue weighted by atomic mass is 10.2. The Kier molecular flexibility index (Phi) is 5.83. The molecule has 2 aromatic rings. The molecule has 0 bridgehead atoms. The van der Waals surface area contributed by atoms with Gasteiger partial charge in [0.25, 0.3) is 5.91 Å². The van der Waals surface area contributed by atoms with Crippen LogP contribution >= 0.6 is 39.1 Å². The third-order valence-electron chi connectivity index (χ3n) is 2.74. The van der Waals surface area contributed by atoms with Gasteiger partial charge in [-0.1, -0.05) is 35.3 Å². The van der Waals surface area contributed by atoms with Gasteiger partial charge in [-0.05, 0) is 46.3 Å². The molecule has 2 N–H and O–H groups in total. The van der Waals surface area contributed by atoms with Gasteiger partial charge in [-0.25, -0.2) is 0 Å². The molecular formula is C15H11BrCl2N2O2. The van der Waals surface area contributed by atoms with Crippen LogP contribution in [-0.2, 0) is 4.79 Å². The summed E-state index contributed by atoms with van der Waals surface area (Å²) >= 11 is 15.0. The van der Waals surface area contributed by atoms with Gasteiger partial charge in [0.05, 0.1) is 22.3 Å². The van der Waals surface area contributed by atoms with Crippen molar-refractivity contribution < 1.29 is 9.59 Å². The number of rotatable bonds is 4. The van der Waals surface area contributed by atoms with Crippen LogP contribution in [0.5, 0.6) is 0 Å². The summed E-state index contributed by atoms with van der Waals surface area (Å²) in [6.45, 7) is -0.152. The van der Waals surface area contributed by atoms with Crippen molar-refractivity contribution in [3.05, 3.63) is 62.5 Å². The topological polar surface area (TPSA) is 58.2 Å². The Bertz CT molecular complexity index is 722. The summed E-state index contributed by atoms with van der Waals surface area (Å²) in [7, 11) is 0. The monoisotopic (exact) mass is 400 g/mol. The van der Waals surface area contributed by atoms with Crippen molar-refractivity contribution in [1.82, 2.24) is 5.32 Å². The van der Waals surface area contributed by atoms with E-state index in [1.807, 2.05) is 12.1 Å². The van der Waals surface area contributed by atoms with Gasteiger partial charge in [-0.2, -0.15) is 0 Å². The number of hydrogen-bond acceptors (Lipinski definition) is 2. The molecule has 4 nitrogen and oxygen atoms in total. The smallest absolute Gasteiger partial charge is 0.251 e. The van der Waals surface area contributed by atoms with Gasteiger partial charge in [0.2, 0.25) is 5.91 Å². The van der Waals surface area contributed by atoms with Crippen LogP contribution in [0.4, 0.5) is 5.69 Å². The van der Waals surface area contributed by atoms with E-state index in [-0.39, 0.29) is 17.5 Å². The number of halogens is 3. The molecule has 0 aromatic heterocycles. The SMILES string of the molecule is O=C(CNC(=O)c1ccc(Cl)c(Cl)c1)Nc1ccccc1Br. The summed E-state index contributed by atoms with van der Waals surface area (Å²) in [4.78, 5) is 23.8. The molecule has 0 radical (unpaired) electrons. The molecule has 0 unspecified atom stereocenters. The van der Waals surface area contributed by atoms with Gasteiger partial charge in [0, 0.05) is 10.0 Å². The highest BCUT2D eigenvalue weighted by atomic mass is 79.9. The number of carbonyl (C=O) groups is 2. The molecule has 22 heavy (non-hydrogen) atoms. The van der Waals surface area contributed by atoms with E-state index in [0.29, 0.717) is 16.3 Å². The minimum Gasteiger partial charge on any atom is -0.343 e. The highest BCUT2D eigenvalue weighted by Crippen LogP contribution is 2.22. The van der Waals surface area contributed by atoms with Crippen LogP contribution in [0.15, 0.2) is 46.9 Å². The predicted molar refractivity (Wildman–Crippen MR) is 91.6 cm³/mol. The van der Waals surface area contributed by atoms with E-state index in [4.69, 9.17) is 23.2 Å². The van der Waals surface area contributed by atoms with Crippen LogP contribution in [0.1, 0.15) is 10.4 Å². The number of nitrogens with one attached hydrogen (secondary N) is 2. The van der Waals surface area contributed by atoms with Gasteiger partial charge < -0.3 is 10.6 Å². The summed E-state index contributed by atoms with van der Waals surface area (Å²) in [5, 5.41) is 5.86. The maximum Gasteiger partial charge on any atom is 0.251 e. The first-order valence-corrected chi connectivity index (χ1v) is 7.80. The molecule has 2 amide bonds. The number of para-hydroxylation sites is 1. The van der Waals surface area contributed by atoms with Crippen LogP contribution in [0.2, 0.25) is 10.0 Å². The summed E-state index contributed by atoms with van der Waals surface area (Å²) < 4.78 is 0.763. The van der Waals surface area contributed by atoms with Gasteiger partial charge in [-0.3, -0.25) is 9.59 Å². The highest BCUT2D eigenvalue weighted by molar-refractivity contribution is 9.10. The van der Waals surface area contributed by atoms with E-state index in [2.05, 4.69) is 26.6 Å². The number of hydrogen-bond donors (Lipinski definition) is 2. The molecule has 0 aliphatic rings. The van der Waals surface area contributed by atoms with Crippen LogP contribution < -0.4 is 10.6 Å². The molecule has 0 saturated heterocycles. The Morgan fingerprint density at radius 3 is 2.45 bits per heavy atom. The minimum absolute atomic E-state index is 0.152. The van der Waals surface area contributed by atoms with Crippen molar-refractivity contribution in [1.29, 1.82) is 0 Å². The lowest BCUT2D eigenvalue weighted by Gasteiger charge is -2.08. The van der Waals surface area contributed by atoms with Gasteiger partial charge in [-0.15, -0.1) is 0 Å². The number of benzene rings is 2. The molecule has 0 aliphatic heterocycles. The van der Waals surface area contributed by atoms with Crippen LogP contribution in [-0.4, -0.2) is 18.4 Å². The first-order chi connectivity index (χ1) is 10.5. The quantitative estimate of drug-likeness (QED) is 0.809. The number of carbonyl (C=O) groups excluding carboxylic acids is 2. The molecule has 0 spiro atoms. The molecule has 0 aliphatic carbocycles. The second kappa shape index (κ2) is 7.63. The van der Waals surface area contributed by atoms with Crippen molar-refractivity contribution in [2.75, 3.05) is 11.9 Å². The molecule has 0 saturated carbocycles. The van der Waals surface area contributed by atoms with Crippen molar-refractivity contribution in [3.8, 4) is 0 Å². The fourth-order valence-electron chi connectivity index (χ4n) is 1.66. The fraction of sp³-hybridized carbons (Fsp3) is 0.0667. The minimum atomic E-state index is -0.402. The molecule has 0 fully saturated rings. The standard InChI is InChI=1S/C15H11BrCl2N2O2/c16-10-3-1-2-4-13(10)20-14(21)8-19-15(22)9-5-6-11(17)12(18)7-9/h1-7H,8H2,(H,19,22)(H,20,21).